The van der Waals surface area contributed by atoms with Gasteiger partial charge in [0.25, 0.3) is 5.91 Å². The number of benzene rings is 3. The lowest BCUT2D eigenvalue weighted by molar-refractivity contribution is -0.147. The molecule has 0 bridgehead atoms. The molecule has 0 saturated carbocycles. The topological polar surface area (TPSA) is 112 Å². The van der Waals surface area contributed by atoms with Gasteiger partial charge in [0.05, 0.1) is 11.4 Å². The van der Waals surface area contributed by atoms with E-state index in [1.54, 1.807) is 48.7 Å². The Kier molecular flexibility index (Phi) is 9.60. The van der Waals surface area contributed by atoms with Crippen LogP contribution in [0.2, 0.25) is 0 Å². The quantitative estimate of drug-likeness (QED) is 0.272. The van der Waals surface area contributed by atoms with Gasteiger partial charge in [-0.05, 0) is 41.8 Å². The number of ether oxygens (including phenoxy) is 2. The molecule has 40 heavy (non-hydrogen) atoms. The second-order valence-corrected chi connectivity index (χ2v) is 8.87. The fourth-order valence-electron chi connectivity index (χ4n) is 3.76. The highest BCUT2D eigenvalue weighted by molar-refractivity contribution is 5.95. The number of amides is 2. The van der Waals surface area contributed by atoms with E-state index >= 15 is 0 Å². The smallest absolute Gasteiger partial charge is 0.408 e. The second-order valence-electron chi connectivity index (χ2n) is 8.87. The van der Waals surface area contributed by atoms with Crippen LogP contribution >= 0.6 is 0 Å². The Labute approximate surface area is 230 Å². The van der Waals surface area contributed by atoms with Crippen LogP contribution in [0.1, 0.15) is 34.1 Å². The van der Waals surface area contributed by atoms with Crippen LogP contribution in [-0.4, -0.2) is 40.3 Å². The first-order valence-electron chi connectivity index (χ1n) is 12.7. The highest BCUT2D eigenvalue weighted by Gasteiger charge is 2.24. The lowest BCUT2D eigenvalue weighted by atomic mass is 10.1. The van der Waals surface area contributed by atoms with Crippen LogP contribution < -0.4 is 10.6 Å². The molecular formula is C30H29FN4O5. The Morgan fingerprint density at radius 3 is 2.17 bits per heavy atom. The number of esters is 1. The number of aromatic nitrogens is 2. The summed E-state index contributed by atoms with van der Waals surface area (Å²) >= 11 is 0. The van der Waals surface area contributed by atoms with E-state index in [1.807, 2.05) is 31.2 Å². The first kappa shape index (κ1) is 28.0. The van der Waals surface area contributed by atoms with E-state index < -0.39 is 29.8 Å². The molecule has 10 heteroatoms. The van der Waals surface area contributed by atoms with E-state index in [1.165, 1.54) is 16.8 Å². The fourth-order valence-corrected chi connectivity index (χ4v) is 3.76. The van der Waals surface area contributed by atoms with Gasteiger partial charge < -0.3 is 20.1 Å². The van der Waals surface area contributed by atoms with Gasteiger partial charge in [0.2, 0.25) is 0 Å². The predicted octanol–water partition coefficient (Wildman–Crippen LogP) is 4.34. The summed E-state index contributed by atoms with van der Waals surface area (Å²) in [6.07, 6.45) is 1.52. The molecule has 0 saturated heterocycles. The summed E-state index contributed by atoms with van der Waals surface area (Å²) in [5, 5.41) is 9.37. The van der Waals surface area contributed by atoms with Crippen molar-refractivity contribution in [2.24, 2.45) is 0 Å². The summed E-state index contributed by atoms with van der Waals surface area (Å²) in [7, 11) is 0. The van der Waals surface area contributed by atoms with Crippen molar-refractivity contribution in [3.63, 3.8) is 0 Å². The van der Waals surface area contributed by atoms with Gasteiger partial charge in [0.15, 0.2) is 0 Å². The van der Waals surface area contributed by atoms with Crippen molar-refractivity contribution >= 4 is 18.0 Å². The van der Waals surface area contributed by atoms with E-state index in [0.717, 1.165) is 22.9 Å². The highest BCUT2D eigenvalue weighted by atomic mass is 19.1. The molecule has 4 aromatic rings. The zero-order valence-corrected chi connectivity index (χ0v) is 21.9. The molecule has 0 fully saturated rings. The van der Waals surface area contributed by atoms with Gasteiger partial charge >= 0.3 is 12.1 Å². The maximum atomic E-state index is 14.4. The van der Waals surface area contributed by atoms with Crippen LogP contribution in [0.15, 0.2) is 91.1 Å². The maximum Gasteiger partial charge on any atom is 0.408 e. The number of carbonyl (C=O) groups excluding carboxylic acids is 3. The number of hydrogen-bond acceptors (Lipinski definition) is 6. The molecule has 0 aliphatic carbocycles. The van der Waals surface area contributed by atoms with Crippen LogP contribution in [0.4, 0.5) is 9.18 Å². The summed E-state index contributed by atoms with van der Waals surface area (Å²) in [6.45, 7) is 1.59. The van der Waals surface area contributed by atoms with Crippen molar-refractivity contribution in [2.45, 2.75) is 32.6 Å². The van der Waals surface area contributed by atoms with E-state index in [0.29, 0.717) is 12.1 Å². The monoisotopic (exact) mass is 544 g/mol. The lowest BCUT2D eigenvalue weighted by Crippen LogP contribution is -2.49. The van der Waals surface area contributed by atoms with E-state index in [4.69, 9.17) is 9.47 Å². The Morgan fingerprint density at radius 1 is 0.900 bits per heavy atom. The molecule has 0 aliphatic heterocycles. The number of nitrogens with zero attached hydrogens (tertiary/aromatic N) is 2. The molecule has 9 nitrogen and oxygen atoms in total. The Bertz CT molecular complexity index is 1440. The number of halogens is 1. The number of aryl methyl sites for hydroxylation is 1. The van der Waals surface area contributed by atoms with Gasteiger partial charge in [-0.25, -0.2) is 18.7 Å². The van der Waals surface area contributed by atoms with Crippen LogP contribution in [0.25, 0.3) is 5.69 Å². The number of alkyl carbamates (subject to hydrolysis) is 1. The third kappa shape index (κ3) is 8.00. The fraction of sp³-hybridized carbons (Fsp3) is 0.200. The normalized spacial score (nSPS) is 11.3. The van der Waals surface area contributed by atoms with Crippen LogP contribution in [0.3, 0.4) is 0 Å². The minimum absolute atomic E-state index is 0.00986. The molecule has 0 unspecified atom stereocenters. The molecule has 3 aromatic carbocycles. The van der Waals surface area contributed by atoms with Crippen molar-refractivity contribution < 1.29 is 28.2 Å². The Balaban J connectivity index is 1.42. The summed E-state index contributed by atoms with van der Waals surface area (Å²) in [5.41, 5.74) is 2.72. The first-order valence-corrected chi connectivity index (χ1v) is 12.7. The molecule has 0 aliphatic rings. The van der Waals surface area contributed by atoms with Gasteiger partial charge in [-0.1, -0.05) is 67.6 Å². The molecule has 0 spiro atoms. The molecule has 2 N–H and O–H groups in total. The first-order chi connectivity index (χ1) is 19.4. The molecule has 4 rings (SSSR count). The summed E-state index contributed by atoms with van der Waals surface area (Å²) in [4.78, 5) is 38.3. The van der Waals surface area contributed by atoms with Gasteiger partial charge in [0.1, 0.15) is 25.1 Å². The Hall–Kier alpha value is -4.99. The number of rotatable bonds is 11. The molecule has 1 heterocycles. The molecule has 2 amide bonds. The van der Waals surface area contributed by atoms with Gasteiger partial charge in [-0.2, -0.15) is 5.10 Å². The van der Waals surface area contributed by atoms with Gasteiger partial charge in [-0.3, -0.25) is 4.79 Å². The Morgan fingerprint density at radius 2 is 1.55 bits per heavy atom. The molecule has 1 atom stereocenters. The standard InChI is InChI=1S/C30H29FN4O5/c1-2-25-13-14-35(34-25)26-16-23(15-24(31)17-26)28(36)32-18-27(29(37)39-19-21-9-5-3-6-10-21)33-30(38)40-20-22-11-7-4-8-12-22/h3-17,27H,2,18-20H2,1H3,(H,32,36)(H,33,38)/t27-/m1/s1. The number of hydrogen-bond donors (Lipinski definition) is 2. The van der Waals surface area contributed by atoms with Crippen molar-refractivity contribution in [1.82, 2.24) is 20.4 Å². The van der Waals surface area contributed by atoms with Gasteiger partial charge in [-0.15, -0.1) is 0 Å². The zero-order chi connectivity index (χ0) is 28.3. The van der Waals surface area contributed by atoms with Crippen molar-refractivity contribution in [3.05, 3.63) is 119 Å². The van der Waals surface area contributed by atoms with Gasteiger partial charge in [0, 0.05) is 18.3 Å². The number of carbonyl (C=O) groups is 3. The van der Waals surface area contributed by atoms with E-state index in [2.05, 4.69) is 15.7 Å². The van der Waals surface area contributed by atoms with Crippen molar-refractivity contribution in [3.8, 4) is 5.69 Å². The zero-order valence-electron chi connectivity index (χ0n) is 21.9. The minimum atomic E-state index is -1.26. The molecule has 0 radical (unpaired) electrons. The SMILES string of the molecule is CCc1ccn(-c2cc(F)cc(C(=O)NC[C@@H](NC(=O)OCc3ccccc3)C(=O)OCc3ccccc3)c2)n1. The molecular weight excluding hydrogens is 515 g/mol. The molecule has 206 valence electrons. The largest absolute Gasteiger partial charge is 0.459 e. The van der Waals surface area contributed by atoms with E-state index in [9.17, 15) is 18.8 Å². The summed E-state index contributed by atoms with van der Waals surface area (Å²) in [5.74, 6) is -2.05. The minimum Gasteiger partial charge on any atom is -0.459 e. The third-order valence-corrected chi connectivity index (χ3v) is 5.90. The van der Waals surface area contributed by atoms with Crippen LogP contribution in [-0.2, 0) is 33.9 Å². The molecule has 1 aromatic heterocycles. The average Bonchev–Trinajstić information content (AvgIpc) is 3.47. The average molecular weight is 545 g/mol. The summed E-state index contributed by atoms with van der Waals surface area (Å²) < 4.78 is 26.5. The third-order valence-electron chi connectivity index (χ3n) is 5.90. The van der Waals surface area contributed by atoms with Crippen molar-refractivity contribution in [2.75, 3.05) is 6.54 Å². The van der Waals surface area contributed by atoms with Crippen LogP contribution in [0.5, 0.6) is 0 Å². The highest BCUT2D eigenvalue weighted by Crippen LogP contribution is 2.14. The van der Waals surface area contributed by atoms with Crippen molar-refractivity contribution in [1.29, 1.82) is 0 Å². The number of nitrogens with one attached hydrogen (secondary N) is 2. The summed E-state index contributed by atoms with van der Waals surface area (Å²) in [6, 6.07) is 22.4. The second kappa shape index (κ2) is 13.7. The van der Waals surface area contributed by atoms with E-state index in [-0.39, 0.29) is 25.3 Å². The lowest BCUT2D eigenvalue weighted by Gasteiger charge is -2.18. The maximum absolute atomic E-state index is 14.4. The predicted molar refractivity (Wildman–Crippen MR) is 145 cm³/mol. The van der Waals surface area contributed by atoms with Crippen LogP contribution in [0, 0.1) is 5.82 Å².